The van der Waals surface area contributed by atoms with Gasteiger partial charge in [0.2, 0.25) is 0 Å². The molecular weight excluding hydrogens is 287 g/mol. The Kier molecular flexibility index (Phi) is 2.80. The number of fused-ring (bicyclic) bond motifs is 1. The fraction of sp³-hybridized carbons (Fsp3) is 0.500. The van der Waals surface area contributed by atoms with Crippen molar-refractivity contribution >= 4 is 11.6 Å². The molecule has 1 aliphatic carbocycles. The largest absolute Gasteiger partial charge is 0.393 e. The predicted molar refractivity (Wildman–Crippen MR) is 74.3 cm³/mol. The lowest BCUT2D eigenvalue weighted by atomic mass is 9.76. The molecule has 0 aromatic heterocycles. The van der Waals surface area contributed by atoms with Gasteiger partial charge in [0.15, 0.2) is 11.3 Å². The fourth-order valence-electron chi connectivity index (χ4n) is 3.87. The molecule has 1 spiro atoms. The number of hydrogen-bond acceptors (Lipinski definition) is 3. The topological polar surface area (TPSA) is 54.1 Å². The second kappa shape index (κ2) is 4.51. The maximum atomic E-state index is 13.7. The van der Waals surface area contributed by atoms with Gasteiger partial charge >= 0.3 is 0 Å². The first-order chi connectivity index (χ1) is 10.5. The van der Waals surface area contributed by atoms with E-state index in [4.69, 9.17) is 11.3 Å². The minimum absolute atomic E-state index is 0.112. The van der Waals surface area contributed by atoms with Crippen LogP contribution in [0.3, 0.4) is 0 Å². The number of nitrogens with zero attached hydrogens (tertiary/aromatic N) is 2. The molecule has 3 fully saturated rings. The maximum Gasteiger partial charge on any atom is 0.257 e. The molecule has 1 aromatic carbocycles. The quantitative estimate of drug-likeness (QED) is 0.810. The van der Waals surface area contributed by atoms with Gasteiger partial charge in [-0.3, -0.25) is 4.79 Å². The van der Waals surface area contributed by atoms with Crippen LogP contribution in [0.5, 0.6) is 0 Å². The van der Waals surface area contributed by atoms with Crippen LogP contribution in [0.15, 0.2) is 18.2 Å². The molecule has 22 heavy (non-hydrogen) atoms. The van der Waals surface area contributed by atoms with Crippen molar-refractivity contribution in [3.63, 3.8) is 0 Å². The SMILES string of the molecule is [C-]#[N+]c1cc(F)cc([C@@H]2CC[C@H]3OC4(CC(O)C4)C(=O)N32)c1. The van der Waals surface area contributed by atoms with E-state index < -0.39 is 17.5 Å². The first-order valence-electron chi connectivity index (χ1n) is 7.39. The molecule has 6 heteroatoms. The number of benzene rings is 1. The third-order valence-electron chi connectivity index (χ3n) is 4.87. The average molecular weight is 302 g/mol. The van der Waals surface area contributed by atoms with Gasteiger partial charge in [-0.05, 0) is 30.5 Å². The zero-order valence-electron chi connectivity index (χ0n) is 11.8. The van der Waals surface area contributed by atoms with Crippen LogP contribution >= 0.6 is 0 Å². The summed E-state index contributed by atoms with van der Waals surface area (Å²) < 4.78 is 19.6. The van der Waals surface area contributed by atoms with Gasteiger partial charge in [-0.1, -0.05) is 6.07 Å². The minimum atomic E-state index is -0.876. The Morgan fingerprint density at radius 3 is 2.82 bits per heavy atom. The Labute approximate surface area is 127 Å². The number of halogens is 1. The minimum Gasteiger partial charge on any atom is -0.393 e. The van der Waals surface area contributed by atoms with E-state index in [1.54, 1.807) is 11.0 Å². The van der Waals surface area contributed by atoms with Gasteiger partial charge in [0, 0.05) is 12.8 Å². The van der Waals surface area contributed by atoms with Crippen LogP contribution < -0.4 is 0 Å². The van der Waals surface area contributed by atoms with Crippen molar-refractivity contribution in [3.8, 4) is 0 Å². The molecule has 2 atom stereocenters. The van der Waals surface area contributed by atoms with Crippen LogP contribution in [0.25, 0.3) is 4.85 Å². The van der Waals surface area contributed by atoms with Crippen LogP contribution in [0.1, 0.15) is 37.3 Å². The molecule has 2 heterocycles. The van der Waals surface area contributed by atoms with Crippen LogP contribution in [0, 0.1) is 12.4 Å². The van der Waals surface area contributed by atoms with E-state index in [-0.39, 0.29) is 23.9 Å². The van der Waals surface area contributed by atoms with Crippen molar-refractivity contribution in [2.45, 2.75) is 49.7 Å². The number of carbonyl (C=O) groups excluding carboxylic acids is 1. The summed E-state index contributed by atoms with van der Waals surface area (Å²) in [5, 5.41) is 9.51. The molecule has 0 radical (unpaired) electrons. The Balaban J connectivity index is 1.66. The Bertz CT molecular complexity index is 693. The standard InChI is InChI=1S/C16H15FN2O3/c1-18-11-5-9(4-10(17)6-11)13-2-3-14-19(13)15(21)16(22-14)7-12(20)8-16/h4-6,12-14,20H,2-3,7-8H2/t12?,13-,14+,16?/m0/s1. The Morgan fingerprint density at radius 1 is 1.36 bits per heavy atom. The molecule has 2 aliphatic heterocycles. The number of aliphatic hydroxyl groups excluding tert-OH is 1. The summed E-state index contributed by atoms with van der Waals surface area (Å²) in [4.78, 5) is 17.6. The molecular formula is C16H15FN2O3. The molecule has 1 N–H and O–H groups in total. The summed E-state index contributed by atoms with van der Waals surface area (Å²) in [5.41, 5.74) is 0.000722. The van der Waals surface area contributed by atoms with Gasteiger partial charge in [0.25, 0.3) is 5.91 Å². The van der Waals surface area contributed by atoms with Crippen molar-refractivity contribution in [3.05, 3.63) is 41.0 Å². The van der Waals surface area contributed by atoms with Crippen molar-refractivity contribution in [2.24, 2.45) is 0 Å². The zero-order chi connectivity index (χ0) is 15.5. The maximum absolute atomic E-state index is 13.7. The fourth-order valence-corrected chi connectivity index (χ4v) is 3.87. The monoisotopic (exact) mass is 302 g/mol. The zero-order valence-corrected chi connectivity index (χ0v) is 11.8. The van der Waals surface area contributed by atoms with Crippen LogP contribution in [0.2, 0.25) is 0 Å². The van der Waals surface area contributed by atoms with Crippen LogP contribution in [-0.4, -0.2) is 33.8 Å². The number of hydrogen-bond donors (Lipinski definition) is 1. The van der Waals surface area contributed by atoms with E-state index in [9.17, 15) is 14.3 Å². The molecule has 0 bridgehead atoms. The summed E-state index contributed by atoms with van der Waals surface area (Å²) >= 11 is 0. The molecule has 4 rings (SSSR count). The van der Waals surface area contributed by atoms with E-state index in [2.05, 4.69) is 4.85 Å². The molecule has 5 nitrogen and oxygen atoms in total. The molecule has 2 saturated heterocycles. The first kappa shape index (κ1) is 13.7. The highest BCUT2D eigenvalue weighted by Gasteiger charge is 2.62. The normalized spacial score (nSPS) is 36.3. The number of amides is 1. The summed E-state index contributed by atoms with van der Waals surface area (Å²) in [6.45, 7) is 7.04. The Morgan fingerprint density at radius 2 is 2.14 bits per heavy atom. The predicted octanol–water partition coefficient (Wildman–Crippen LogP) is 2.29. The van der Waals surface area contributed by atoms with Gasteiger partial charge in [0.1, 0.15) is 12.0 Å². The number of ether oxygens (including phenoxy) is 1. The Hall–Kier alpha value is -1.97. The van der Waals surface area contributed by atoms with Crippen LogP contribution in [-0.2, 0) is 9.53 Å². The molecule has 1 saturated carbocycles. The van der Waals surface area contributed by atoms with E-state index in [0.29, 0.717) is 31.2 Å². The highest BCUT2D eigenvalue weighted by Crippen LogP contribution is 2.51. The summed E-state index contributed by atoms with van der Waals surface area (Å²) in [5.74, 6) is -0.577. The van der Waals surface area contributed by atoms with Gasteiger partial charge in [-0.2, -0.15) is 0 Å². The highest BCUT2D eigenvalue weighted by molar-refractivity contribution is 5.89. The average Bonchev–Trinajstić information content (AvgIpc) is 2.97. The van der Waals surface area contributed by atoms with E-state index in [1.165, 1.54) is 12.1 Å². The smallest absolute Gasteiger partial charge is 0.257 e. The van der Waals surface area contributed by atoms with Crippen LogP contribution in [0.4, 0.5) is 10.1 Å². The van der Waals surface area contributed by atoms with Gasteiger partial charge in [-0.15, -0.1) is 0 Å². The number of carbonyl (C=O) groups is 1. The van der Waals surface area contributed by atoms with Crippen molar-refractivity contribution < 1.29 is 19.0 Å². The third-order valence-corrected chi connectivity index (χ3v) is 4.87. The van der Waals surface area contributed by atoms with Gasteiger partial charge in [-0.25, -0.2) is 9.24 Å². The highest BCUT2D eigenvalue weighted by atomic mass is 19.1. The number of rotatable bonds is 1. The number of aliphatic hydroxyl groups is 1. The molecule has 1 amide bonds. The van der Waals surface area contributed by atoms with E-state index >= 15 is 0 Å². The second-order valence-electron chi connectivity index (χ2n) is 6.29. The van der Waals surface area contributed by atoms with Crippen molar-refractivity contribution in [1.29, 1.82) is 0 Å². The summed E-state index contributed by atoms with van der Waals surface area (Å²) in [7, 11) is 0. The first-order valence-corrected chi connectivity index (χ1v) is 7.39. The third kappa shape index (κ3) is 1.79. The van der Waals surface area contributed by atoms with Gasteiger partial charge in [0.05, 0.1) is 18.7 Å². The molecule has 0 unspecified atom stereocenters. The molecule has 114 valence electrons. The van der Waals surface area contributed by atoms with Crippen molar-refractivity contribution in [1.82, 2.24) is 4.90 Å². The van der Waals surface area contributed by atoms with E-state index in [0.717, 1.165) is 0 Å². The van der Waals surface area contributed by atoms with E-state index in [1.807, 2.05) is 0 Å². The lowest BCUT2D eigenvalue weighted by molar-refractivity contribution is -0.165. The lowest BCUT2D eigenvalue weighted by Gasteiger charge is -2.39. The summed E-state index contributed by atoms with van der Waals surface area (Å²) in [6, 6.07) is 3.95. The van der Waals surface area contributed by atoms with Gasteiger partial charge < -0.3 is 14.7 Å². The second-order valence-corrected chi connectivity index (χ2v) is 6.29. The van der Waals surface area contributed by atoms with Crippen molar-refractivity contribution in [2.75, 3.05) is 0 Å². The molecule has 3 aliphatic rings. The summed E-state index contributed by atoms with van der Waals surface area (Å²) in [6.07, 6.45) is 1.27. The molecule has 1 aromatic rings. The lowest BCUT2D eigenvalue weighted by Crippen LogP contribution is -2.54.